The number of hydrogen-bond donors (Lipinski definition) is 0. The monoisotopic (exact) mass is 390 g/mol. The first-order chi connectivity index (χ1) is 12.4. The highest BCUT2D eigenvalue weighted by Crippen LogP contribution is 2.56. The van der Waals surface area contributed by atoms with Gasteiger partial charge < -0.3 is 4.74 Å². The molecule has 0 aliphatic carbocycles. The predicted octanol–water partition coefficient (Wildman–Crippen LogP) is 3.78. The van der Waals surface area contributed by atoms with E-state index in [0.717, 1.165) is 11.0 Å². The summed E-state index contributed by atoms with van der Waals surface area (Å²) < 4.78 is 5.44. The maximum Gasteiger partial charge on any atom is 0.348 e. The van der Waals surface area contributed by atoms with Gasteiger partial charge in [0, 0.05) is 29.9 Å². The summed E-state index contributed by atoms with van der Waals surface area (Å²) in [6.07, 6.45) is 0.555. The lowest BCUT2D eigenvalue weighted by atomic mass is 10.2. The Balaban J connectivity index is 1.66. The third-order valence-corrected chi connectivity index (χ3v) is 6.07. The van der Waals surface area contributed by atoms with Gasteiger partial charge in [0.1, 0.15) is 5.75 Å². The summed E-state index contributed by atoms with van der Waals surface area (Å²) in [6.45, 7) is 0. The van der Waals surface area contributed by atoms with E-state index >= 15 is 0 Å². The minimum Gasteiger partial charge on any atom is -0.423 e. The van der Waals surface area contributed by atoms with Crippen LogP contribution in [0.25, 0.3) is 0 Å². The number of rotatable bonds is 3. The number of halogens is 1. The molecule has 9 heteroatoms. The number of esters is 1. The van der Waals surface area contributed by atoms with Crippen molar-refractivity contribution in [2.24, 2.45) is 0 Å². The van der Waals surface area contributed by atoms with E-state index in [2.05, 4.69) is 0 Å². The Labute approximate surface area is 157 Å². The lowest BCUT2D eigenvalue weighted by Gasteiger charge is -2.28. The van der Waals surface area contributed by atoms with Crippen LogP contribution in [0.2, 0.25) is 5.02 Å². The number of para-hydroxylation sites is 1. The standard InChI is InChI=1S/C17H11ClN2O5S/c18-11-9-10(20(23)24)5-6-13(11)25-16(22)17-8-7-15(21)19(17)12-3-1-2-4-14(12)26-17/h1-6,9H,7-8H2. The molecule has 1 fully saturated rings. The number of ether oxygens (including phenoxy) is 1. The summed E-state index contributed by atoms with van der Waals surface area (Å²) in [5, 5.41) is 10.8. The van der Waals surface area contributed by atoms with Crippen molar-refractivity contribution < 1.29 is 19.2 Å². The Hall–Kier alpha value is -2.58. The topological polar surface area (TPSA) is 89.8 Å². The Bertz CT molecular complexity index is 966. The predicted molar refractivity (Wildman–Crippen MR) is 95.5 cm³/mol. The minimum absolute atomic E-state index is 0.0208. The first-order valence-electron chi connectivity index (χ1n) is 7.70. The summed E-state index contributed by atoms with van der Waals surface area (Å²) in [6, 6.07) is 10.9. The van der Waals surface area contributed by atoms with Crippen LogP contribution in [-0.2, 0) is 9.59 Å². The first kappa shape index (κ1) is 16.9. The molecule has 1 amide bonds. The van der Waals surface area contributed by atoms with Gasteiger partial charge in [-0.1, -0.05) is 35.5 Å². The van der Waals surface area contributed by atoms with Crippen molar-refractivity contribution in [2.75, 3.05) is 4.90 Å². The van der Waals surface area contributed by atoms with E-state index in [4.69, 9.17) is 16.3 Å². The van der Waals surface area contributed by atoms with Gasteiger partial charge in [0.2, 0.25) is 5.91 Å². The number of non-ortho nitro benzene ring substituents is 1. The largest absolute Gasteiger partial charge is 0.423 e. The summed E-state index contributed by atoms with van der Waals surface area (Å²) >= 11 is 7.29. The van der Waals surface area contributed by atoms with Crippen LogP contribution >= 0.6 is 23.4 Å². The molecule has 2 aliphatic heterocycles. The van der Waals surface area contributed by atoms with E-state index < -0.39 is 15.8 Å². The fourth-order valence-electron chi connectivity index (χ4n) is 3.14. The highest BCUT2D eigenvalue weighted by molar-refractivity contribution is 8.02. The van der Waals surface area contributed by atoms with Crippen LogP contribution in [0.1, 0.15) is 12.8 Å². The van der Waals surface area contributed by atoms with Crippen molar-refractivity contribution in [1.29, 1.82) is 0 Å². The summed E-state index contributed by atoms with van der Waals surface area (Å²) in [4.78, 5) is 36.7. The second-order valence-electron chi connectivity index (χ2n) is 5.84. The van der Waals surface area contributed by atoms with Crippen LogP contribution in [0.15, 0.2) is 47.4 Å². The molecule has 1 unspecified atom stereocenters. The number of benzene rings is 2. The van der Waals surface area contributed by atoms with Crippen molar-refractivity contribution in [1.82, 2.24) is 0 Å². The second-order valence-corrected chi connectivity index (χ2v) is 7.57. The minimum atomic E-state index is -1.17. The number of hydrogen-bond acceptors (Lipinski definition) is 6. The number of fused-ring (bicyclic) bond motifs is 3. The van der Waals surface area contributed by atoms with Gasteiger partial charge in [0.05, 0.1) is 15.6 Å². The fraction of sp³-hybridized carbons (Fsp3) is 0.176. The molecule has 0 aromatic heterocycles. The highest BCUT2D eigenvalue weighted by atomic mass is 35.5. The van der Waals surface area contributed by atoms with Crippen LogP contribution in [0, 0.1) is 10.1 Å². The van der Waals surface area contributed by atoms with E-state index in [-0.39, 0.29) is 28.8 Å². The van der Waals surface area contributed by atoms with Gasteiger partial charge in [0.25, 0.3) is 5.69 Å². The zero-order valence-electron chi connectivity index (χ0n) is 13.2. The molecule has 26 heavy (non-hydrogen) atoms. The molecule has 4 rings (SSSR count). The molecule has 0 spiro atoms. The quantitative estimate of drug-likeness (QED) is 0.343. The Morgan fingerprint density at radius 2 is 2.08 bits per heavy atom. The fourth-order valence-corrected chi connectivity index (χ4v) is 4.75. The number of nitrogens with zero attached hydrogens (tertiary/aromatic N) is 2. The number of thioether (sulfide) groups is 1. The molecule has 132 valence electrons. The zero-order chi connectivity index (χ0) is 18.5. The summed E-state index contributed by atoms with van der Waals surface area (Å²) in [7, 11) is 0. The Morgan fingerprint density at radius 3 is 2.81 bits per heavy atom. The molecule has 2 aromatic rings. The molecule has 0 saturated carbocycles. The van der Waals surface area contributed by atoms with Crippen molar-refractivity contribution in [2.45, 2.75) is 22.6 Å². The third kappa shape index (κ3) is 2.45. The highest BCUT2D eigenvalue weighted by Gasteiger charge is 2.58. The normalized spacial score (nSPS) is 20.7. The molecule has 2 heterocycles. The van der Waals surface area contributed by atoms with Gasteiger partial charge in [-0.2, -0.15) is 0 Å². The number of anilines is 1. The van der Waals surface area contributed by atoms with E-state index in [0.29, 0.717) is 12.1 Å². The van der Waals surface area contributed by atoms with Crippen LogP contribution in [0.3, 0.4) is 0 Å². The van der Waals surface area contributed by atoms with Crippen molar-refractivity contribution >= 4 is 46.6 Å². The molecule has 2 aromatic carbocycles. The lowest BCUT2D eigenvalue weighted by Crippen LogP contribution is -2.48. The second kappa shape index (κ2) is 6.00. The molecular formula is C17H11ClN2O5S. The first-order valence-corrected chi connectivity index (χ1v) is 8.89. The number of carbonyl (C=O) groups is 2. The van der Waals surface area contributed by atoms with E-state index in [1.54, 1.807) is 12.1 Å². The number of nitro benzene ring substituents is 1. The maximum atomic E-state index is 13.0. The van der Waals surface area contributed by atoms with Gasteiger partial charge in [-0.3, -0.25) is 19.8 Å². The van der Waals surface area contributed by atoms with E-state index in [1.165, 1.54) is 28.8 Å². The van der Waals surface area contributed by atoms with Crippen molar-refractivity contribution in [3.8, 4) is 5.75 Å². The van der Waals surface area contributed by atoms with Gasteiger partial charge in [-0.05, 0) is 18.2 Å². The number of amides is 1. The van der Waals surface area contributed by atoms with Crippen molar-refractivity contribution in [3.63, 3.8) is 0 Å². The Morgan fingerprint density at radius 1 is 1.31 bits per heavy atom. The summed E-state index contributed by atoms with van der Waals surface area (Å²) in [5.74, 6) is -0.748. The number of carbonyl (C=O) groups excluding carboxylic acids is 2. The molecule has 7 nitrogen and oxygen atoms in total. The lowest BCUT2D eigenvalue weighted by molar-refractivity contribution is -0.384. The molecule has 1 atom stereocenters. The number of nitro groups is 1. The third-order valence-electron chi connectivity index (χ3n) is 4.32. The molecule has 2 aliphatic rings. The van der Waals surface area contributed by atoms with Gasteiger partial charge in [-0.15, -0.1) is 0 Å². The molecular weight excluding hydrogens is 380 g/mol. The average molecular weight is 391 g/mol. The SMILES string of the molecule is O=C1CCC2(C(=O)Oc3ccc([N+](=O)[O-])cc3Cl)Sc3ccccc3N12. The zero-order valence-corrected chi connectivity index (χ0v) is 14.7. The Kier molecular flexibility index (Phi) is 3.89. The maximum absolute atomic E-state index is 13.0. The molecule has 0 N–H and O–H groups in total. The van der Waals surface area contributed by atoms with E-state index in [9.17, 15) is 19.7 Å². The summed E-state index contributed by atoms with van der Waals surface area (Å²) in [5.41, 5.74) is 0.486. The van der Waals surface area contributed by atoms with Gasteiger partial charge in [-0.25, -0.2) is 4.79 Å². The van der Waals surface area contributed by atoms with Gasteiger partial charge >= 0.3 is 5.97 Å². The molecule has 0 radical (unpaired) electrons. The van der Waals surface area contributed by atoms with Crippen LogP contribution in [-0.4, -0.2) is 21.7 Å². The average Bonchev–Trinajstić information content (AvgIpc) is 3.12. The smallest absolute Gasteiger partial charge is 0.348 e. The van der Waals surface area contributed by atoms with Gasteiger partial charge in [0.15, 0.2) is 4.87 Å². The van der Waals surface area contributed by atoms with Crippen molar-refractivity contribution in [3.05, 3.63) is 57.6 Å². The molecule has 1 saturated heterocycles. The van der Waals surface area contributed by atoms with Crippen LogP contribution < -0.4 is 9.64 Å². The van der Waals surface area contributed by atoms with Crippen LogP contribution in [0.4, 0.5) is 11.4 Å². The van der Waals surface area contributed by atoms with Crippen LogP contribution in [0.5, 0.6) is 5.75 Å². The molecule has 0 bridgehead atoms. The van der Waals surface area contributed by atoms with E-state index in [1.807, 2.05) is 12.1 Å².